The SMILES string of the molecule is CC(=O)N[C@H](C(=O)N[C@@H](CCCN=C(N)N)C(=O)N1CCC[C@H]1C(=O)N[C@@H](CCCN=C(N)N)C(=O)Nc1ccc2c(C)cc(=O)oc2c1)C(C)C.O=C(O)C(F)(F)F. The van der Waals surface area contributed by atoms with Crippen molar-refractivity contribution in [3.05, 3.63) is 40.2 Å². The second-order valence-electron chi connectivity index (χ2n) is 13.9. The van der Waals surface area contributed by atoms with Crippen molar-refractivity contribution in [3.63, 3.8) is 0 Å². The summed E-state index contributed by atoms with van der Waals surface area (Å²) in [7, 11) is 0. The third-order valence-corrected chi connectivity index (χ3v) is 8.75. The molecule has 1 aliphatic rings. The van der Waals surface area contributed by atoms with Gasteiger partial charge in [-0.05, 0) is 69.1 Å². The van der Waals surface area contributed by atoms with E-state index in [2.05, 4.69) is 31.3 Å². The summed E-state index contributed by atoms with van der Waals surface area (Å²) in [6.07, 6.45) is -3.29. The Morgan fingerprint density at radius 1 is 0.915 bits per heavy atom. The van der Waals surface area contributed by atoms with E-state index in [1.165, 1.54) is 24.0 Å². The van der Waals surface area contributed by atoms with E-state index in [0.717, 1.165) is 0 Å². The zero-order chi connectivity index (χ0) is 44.6. The normalized spacial score (nSPS) is 15.1. The number of carboxylic acids is 1. The molecule has 4 atom stereocenters. The average molecular weight is 840 g/mol. The van der Waals surface area contributed by atoms with E-state index in [9.17, 15) is 41.9 Å². The Morgan fingerprint density at radius 3 is 2.02 bits per heavy atom. The van der Waals surface area contributed by atoms with Crippen molar-refractivity contribution in [3.8, 4) is 0 Å². The fourth-order valence-corrected chi connectivity index (χ4v) is 5.95. The Labute approximate surface area is 336 Å². The topological polar surface area (TPSA) is 333 Å². The quantitative estimate of drug-likeness (QED) is 0.0436. The number of benzene rings is 1. The molecule has 59 heavy (non-hydrogen) atoms. The lowest BCUT2D eigenvalue weighted by Gasteiger charge is -2.31. The monoisotopic (exact) mass is 839 g/mol. The van der Waals surface area contributed by atoms with Crippen LogP contribution in [0.4, 0.5) is 18.9 Å². The van der Waals surface area contributed by atoms with Gasteiger partial charge in [-0.3, -0.25) is 34.0 Å². The molecule has 326 valence electrons. The first-order valence-corrected chi connectivity index (χ1v) is 18.5. The van der Waals surface area contributed by atoms with Gasteiger partial charge in [0.05, 0.1) is 0 Å². The number of aliphatic carboxylic acids is 1. The average Bonchev–Trinajstić information content (AvgIpc) is 3.62. The number of aryl methyl sites for hydroxylation is 1. The maximum Gasteiger partial charge on any atom is 0.490 e. The third-order valence-electron chi connectivity index (χ3n) is 8.75. The Balaban J connectivity index is 0.00000157. The number of amides is 5. The van der Waals surface area contributed by atoms with E-state index >= 15 is 0 Å². The van der Waals surface area contributed by atoms with Crippen LogP contribution in [-0.4, -0.2) is 107 Å². The summed E-state index contributed by atoms with van der Waals surface area (Å²) in [4.78, 5) is 96.7. The molecule has 13 N–H and O–H groups in total. The van der Waals surface area contributed by atoms with Crippen molar-refractivity contribution in [1.29, 1.82) is 0 Å². The maximum absolute atomic E-state index is 14.0. The first-order valence-electron chi connectivity index (χ1n) is 18.5. The number of rotatable bonds is 17. The lowest BCUT2D eigenvalue weighted by Crippen LogP contribution is -2.58. The molecular formula is C36H52F3N11O9. The highest BCUT2D eigenvalue weighted by molar-refractivity contribution is 6.00. The number of hydrogen-bond donors (Lipinski definition) is 9. The molecule has 1 saturated heterocycles. The highest BCUT2D eigenvalue weighted by atomic mass is 19.4. The number of halogens is 3. The number of carbonyl (C=O) groups excluding carboxylic acids is 5. The Kier molecular flexibility index (Phi) is 18.6. The molecule has 1 aliphatic heterocycles. The molecule has 1 aromatic heterocycles. The second kappa shape index (κ2) is 22.5. The largest absolute Gasteiger partial charge is 0.490 e. The van der Waals surface area contributed by atoms with Crippen molar-refractivity contribution < 1.29 is 51.5 Å². The molecule has 2 aromatic rings. The van der Waals surface area contributed by atoms with Gasteiger partial charge < -0.3 is 58.6 Å². The van der Waals surface area contributed by atoms with Crippen LogP contribution in [0.3, 0.4) is 0 Å². The third kappa shape index (κ3) is 16.2. The first-order chi connectivity index (χ1) is 27.5. The highest BCUT2D eigenvalue weighted by Gasteiger charge is 2.40. The highest BCUT2D eigenvalue weighted by Crippen LogP contribution is 2.23. The summed E-state index contributed by atoms with van der Waals surface area (Å²) >= 11 is 0. The molecule has 2 heterocycles. The predicted octanol–water partition coefficient (Wildman–Crippen LogP) is -0.0983. The van der Waals surface area contributed by atoms with Gasteiger partial charge in [-0.15, -0.1) is 0 Å². The molecule has 20 nitrogen and oxygen atoms in total. The summed E-state index contributed by atoms with van der Waals surface area (Å²) in [6.45, 7) is 7.23. The molecule has 3 rings (SSSR count). The van der Waals surface area contributed by atoms with Crippen LogP contribution in [0, 0.1) is 12.8 Å². The van der Waals surface area contributed by atoms with E-state index < -0.39 is 71.5 Å². The van der Waals surface area contributed by atoms with E-state index in [1.54, 1.807) is 32.9 Å². The number of anilines is 1. The smallest absolute Gasteiger partial charge is 0.475 e. The number of aliphatic imine (C=N–C) groups is 2. The van der Waals surface area contributed by atoms with Crippen LogP contribution in [0.15, 0.2) is 43.5 Å². The standard InChI is InChI=1S/C34H51N11O7.C2HF3O2/c1-18(2)28(41-20(4)46)31(50)44-24(9-6-14-40-34(37)38)32(51)45-15-7-10-25(45)30(49)43-23(8-5-13-39-33(35)36)29(48)42-21-11-12-22-19(3)16-27(47)52-26(22)17-21;3-2(4,5)1(6)7/h11-12,16-18,23-25,28H,5-10,13-15H2,1-4H3,(H,41,46)(H,42,48)(H,43,49)(H,44,50)(H4,35,36,39)(H4,37,38,40);(H,6,7)/t23-,24-,25-,28-;/m0./s1. The van der Waals surface area contributed by atoms with Gasteiger partial charge in [-0.25, -0.2) is 9.59 Å². The molecule has 0 unspecified atom stereocenters. The number of nitrogens with zero attached hydrogens (tertiary/aromatic N) is 3. The van der Waals surface area contributed by atoms with Crippen LogP contribution in [0.5, 0.6) is 0 Å². The predicted molar refractivity (Wildman–Crippen MR) is 210 cm³/mol. The van der Waals surface area contributed by atoms with Gasteiger partial charge in [0.1, 0.15) is 29.8 Å². The van der Waals surface area contributed by atoms with Crippen LogP contribution in [0.2, 0.25) is 0 Å². The van der Waals surface area contributed by atoms with Gasteiger partial charge in [-0.2, -0.15) is 13.2 Å². The summed E-state index contributed by atoms with van der Waals surface area (Å²) in [6, 6.07) is 2.31. The second-order valence-corrected chi connectivity index (χ2v) is 13.9. The molecule has 0 radical (unpaired) electrons. The summed E-state index contributed by atoms with van der Waals surface area (Å²) in [5.74, 6) is -5.83. The summed E-state index contributed by atoms with van der Waals surface area (Å²) in [5.41, 5.74) is 22.6. The van der Waals surface area contributed by atoms with Gasteiger partial charge in [-0.1, -0.05) is 13.8 Å². The van der Waals surface area contributed by atoms with E-state index in [1.807, 2.05) is 0 Å². The molecule has 1 aromatic carbocycles. The summed E-state index contributed by atoms with van der Waals surface area (Å²) in [5, 5.41) is 18.8. The number of carbonyl (C=O) groups is 6. The fraction of sp³-hybridized carbons (Fsp3) is 0.528. The molecule has 1 fully saturated rings. The number of guanidine groups is 2. The number of likely N-dealkylation sites (tertiary alicyclic amines) is 1. The fourth-order valence-electron chi connectivity index (χ4n) is 5.95. The first kappa shape index (κ1) is 48.7. The van der Waals surface area contributed by atoms with Crippen LogP contribution in [-0.2, 0) is 28.8 Å². The van der Waals surface area contributed by atoms with Crippen LogP contribution in [0.1, 0.15) is 64.9 Å². The van der Waals surface area contributed by atoms with Gasteiger partial charge >= 0.3 is 17.8 Å². The molecule has 0 aliphatic carbocycles. The maximum atomic E-state index is 14.0. The number of hydrogen-bond acceptors (Lipinski definition) is 10. The number of nitrogens with two attached hydrogens (primary N) is 4. The van der Waals surface area contributed by atoms with Crippen LogP contribution in [0.25, 0.3) is 11.0 Å². The molecule has 5 amide bonds. The van der Waals surface area contributed by atoms with Gasteiger partial charge in [0.25, 0.3) is 0 Å². The number of carboxylic acid groups (broad SMARTS) is 1. The van der Waals surface area contributed by atoms with Crippen molar-refractivity contribution in [2.24, 2.45) is 38.8 Å². The Bertz CT molecular complexity index is 1950. The van der Waals surface area contributed by atoms with Crippen molar-refractivity contribution in [2.45, 2.75) is 96.6 Å². The minimum atomic E-state index is -5.08. The number of fused-ring (bicyclic) bond motifs is 1. The van der Waals surface area contributed by atoms with Gasteiger partial charge in [0.15, 0.2) is 11.9 Å². The zero-order valence-corrected chi connectivity index (χ0v) is 33.1. The molecule has 23 heteroatoms. The number of nitrogens with one attached hydrogen (secondary N) is 4. The van der Waals surface area contributed by atoms with Gasteiger partial charge in [0.2, 0.25) is 29.5 Å². The Hall–Kier alpha value is -6.42. The zero-order valence-electron chi connectivity index (χ0n) is 33.1. The van der Waals surface area contributed by atoms with E-state index in [-0.39, 0.29) is 55.9 Å². The summed E-state index contributed by atoms with van der Waals surface area (Å²) < 4.78 is 37.0. The molecule has 0 saturated carbocycles. The van der Waals surface area contributed by atoms with Crippen LogP contribution < -0.4 is 49.8 Å². The molecular weight excluding hydrogens is 787 g/mol. The van der Waals surface area contributed by atoms with Crippen molar-refractivity contribution >= 4 is 64.1 Å². The van der Waals surface area contributed by atoms with Crippen molar-refractivity contribution in [1.82, 2.24) is 20.9 Å². The van der Waals surface area contributed by atoms with Crippen LogP contribution >= 0.6 is 0 Å². The molecule has 0 bridgehead atoms. The minimum absolute atomic E-state index is 0.116. The van der Waals surface area contributed by atoms with Crippen molar-refractivity contribution in [2.75, 3.05) is 25.0 Å². The lowest BCUT2D eigenvalue weighted by atomic mass is 10.0. The van der Waals surface area contributed by atoms with E-state index in [4.69, 9.17) is 37.3 Å². The minimum Gasteiger partial charge on any atom is -0.475 e. The van der Waals surface area contributed by atoms with Gasteiger partial charge in [0, 0.05) is 49.8 Å². The lowest BCUT2D eigenvalue weighted by molar-refractivity contribution is -0.192. The van der Waals surface area contributed by atoms with E-state index in [0.29, 0.717) is 42.3 Å². The number of alkyl halides is 3. The Morgan fingerprint density at radius 2 is 1.49 bits per heavy atom. The molecule has 0 spiro atoms.